The molecule has 0 rings (SSSR count). The predicted octanol–water partition coefficient (Wildman–Crippen LogP) is 0.258. The van der Waals surface area contributed by atoms with Crippen molar-refractivity contribution in [3.8, 4) is 0 Å². The zero-order valence-corrected chi connectivity index (χ0v) is 7.73. The van der Waals surface area contributed by atoms with E-state index in [4.69, 9.17) is 10.2 Å². The predicted molar refractivity (Wildman–Crippen MR) is 44.7 cm³/mol. The quantitative estimate of drug-likeness (QED) is 0.601. The molecule has 2 N–H and O–H groups in total. The second-order valence-electron chi connectivity index (χ2n) is 2.76. The molecule has 0 aliphatic carbocycles. The van der Waals surface area contributed by atoms with Gasteiger partial charge in [-0.3, -0.25) is 14.4 Å². The van der Waals surface area contributed by atoms with Crippen molar-refractivity contribution in [3.63, 3.8) is 0 Å². The largest absolute Gasteiger partial charge is 0.481 e. The average molecular weight is 204 g/mol. The monoisotopic (exact) mass is 204 g/mol. The Morgan fingerprint density at radius 2 is 1.79 bits per heavy atom. The summed E-state index contributed by atoms with van der Waals surface area (Å²) in [6, 6.07) is 0. The van der Waals surface area contributed by atoms with Crippen LogP contribution in [0.15, 0.2) is 0 Å². The third-order valence-electron chi connectivity index (χ3n) is 1.42. The molecule has 0 amide bonds. The van der Waals surface area contributed by atoms with Gasteiger partial charge in [0.2, 0.25) is 0 Å². The van der Waals surface area contributed by atoms with Gasteiger partial charge in [-0.25, -0.2) is 0 Å². The van der Waals surface area contributed by atoms with Gasteiger partial charge in [0.25, 0.3) is 0 Å². The van der Waals surface area contributed by atoms with E-state index in [-0.39, 0.29) is 19.3 Å². The number of hydrogen-bond acceptors (Lipinski definition) is 4. The Labute approximate surface area is 80.5 Å². The number of carboxylic acids is 2. The van der Waals surface area contributed by atoms with Crippen molar-refractivity contribution in [1.29, 1.82) is 0 Å². The molecule has 0 spiro atoms. The van der Waals surface area contributed by atoms with Gasteiger partial charge >= 0.3 is 17.9 Å². The van der Waals surface area contributed by atoms with E-state index in [0.717, 1.165) is 6.92 Å². The van der Waals surface area contributed by atoms with Crippen LogP contribution in [0.25, 0.3) is 0 Å². The van der Waals surface area contributed by atoms with Gasteiger partial charge in [-0.05, 0) is 6.42 Å². The summed E-state index contributed by atoms with van der Waals surface area (Å²) in [5.41, 5.74) is 0. The lowest BCUT2D eigenvalue weighted by Crippen LogP contribution is -2.21. The summed E-state index contributed by atoms with van der Waals surface area (Å²) in [5.74, 6) is -2.78. The lowest BCUT2D eigenvalue weighted by molar-refractivity contribution is -0.153. The van der Waals surface area contributed by atoms with Gasteiger partial charge in [0.1, 0.15) is 6.10 Å². The Kier molecular flexibility index (Phi) is 5.28. The number of carbonyl (C=O) groups excluding carboxylic acids is 1. The Morgan fingerprint density at radius 3 is 2.14 bits per heavy atom. The van der Waals surface area contributed by atoms with E-state index < -0.39 is 24.0 Å². The number of rotatable bonds is 6. The molecule has 0 aromatic heterocycles. The first-order valence-corrected chi connectivity index (χ1v) is 4.02. The SMILES string of the molecule is CC(=O)OC(CCC(=O)O)CC(=O)O. The van der Waals surface area contributed by atoms with E-state index in [1.165, 1.54) is 0 Å². The van der Waals surface area contributed by atoms with Crippen LogP contribution in [-0.4, -0.2) is 34.2 Å². The standard InChI is InChI=1S/C8H12O6/c1-5(9)14-6(4-8(12)13)2-3-7(10)11/h6H,2-4H2,1H3,(H,10,11)(H,12,13). The van der Waals surface area contributed by atoms with E-state index in [1.807, 2.05) is 0 Å². The second kappa shape index (κ2) is 5.95. The Hall–Kier alpha value is -1.59. The van der Waals surface area contributed by atoms with Gasteiger partial charge in [-0.15, -0.1) is 0 Å². The molecule has 6 heteroatoms. The van der Waals surface area contributed by atoms with E-state index in [2.05, 4.69) is 4.74 Å². The molecule has 6 nitrogen and oxygen atoms in total. The molecule has 0 aromatic rings. The lowest BCUT2D eigenvalue weighted by Gasteiger charge is -2.13. The fraction of sp³-hybridized carbons (Fsp3) is 0.625. The van der Waals surface area contributed by atoms with Gasteiger partial charge in [0.15, 0.2) is 0 Å². The third-order valence-corrected chi connectivity index (χ3v) is 1.42. The zero-order chi connectivity index (χ0) is 11.1. The van der Waals surface area contributed by atoms with Crippen molar-refractivity contribution >= 4 is 17.9 Å². The minimum atomic E-state index is -1.12. The maximum atomic E-state index is 10.5. The number of esters is 1. The minimum Gasteiger partial charge on any atom is -0.481 e. The molecule has 0 heterocycles. The van der Waals surface area contributed by atoms with Crippen LogP contribution >= 0.6 is 0 Å². The van der Waals surface area contributed by atoms with Crippen LogP contribution in [0.4, 0.5) is 0 Å². The molecule has 0 saturated carbocycles. The summed E-state index contributed by atoms with van der Waals surface area (Å²) >= 11 is 0. The van der Waals surface area contributed by atoms with Crippen molar-refractivity contribution in [2.24, 2.45) is 0 Å². The third kappa shape index (κ3) is 7.08. The molecule has 0 bridgehead atoms. The molecule has 80 valence electrons. The second-order valence-corrected chi connectivity index (χ2v) is 2.76. The molecule has 0 fully saturated rings. The summed E-state index contributed by atoms with van der Waals surface area (Å²) < 4.78 is 4.63. The van der Waals surface area contributed by atoms with Crippen molar-refractivity contribution in [3.05, 3.63) is 0 Å². The van der Waals surface area contributed by atoms with Gasteiger partial charge < -0.3 is 14.9 Å². The zero-order valence-electron chi connectivity index (χ0n) is 7.73. The molecule has 14 heavy (non-hydrogen) atoms. The normalized spacial score (nSPS) is 11.8. The summed E-state index contributed by atoms with van der Waals surface area (Å²) in [4.78, 5) is 31.0. The summed E-state index contributed by atoms with van der Waals surface area (Å²) in [6.07, 6.45) is -1.43. The first-order valence-electron chi connectivity index (χ1n) is 4.02. The molecule has 1 atom stereocenters. The van der Waals surface area contributed by atoms with Crippen LogP contribution in [0, 0.1) is 0 Å². The van der Waals surface area contributed by atoms with Gasteiger partial charge in [-0.1, -0.05) is 0 Å². The number of aliphatic carboxylic acids is 2. The van der Waals surface area contributed by atoms with Gasteiger partial charge in [-0.2, -0.15) is 0 Å². The van der Waals surface area contributed by atoms with Crippen LogP contribution < -0.4 is 0 Å². The van der Waals surface area contributed by atoms with Crippen molar-refractivity contribution < 1.29 is 29.3 Å². The smallest absolute Gasteiger partial charge is 0.307 e. The molecule has 0 saturated heterocycles. The molecule has 0 aliphatic rings. The van der Waals surface area contributed by atoms with E-state index in [1.54, 1.807) is 0 Å². The van der Waals surface area contributed by atoms with Crippen molar-refractivity contribution in [2.45, 2.75) is 32.3 Å². The maximum Gasteiger partial charge on any atom is 0.307 e. The molecule has 0 aromatic carbocycles. The fourth-order valence-electron chi connectivity index (χ4n) is 0.917. The number of ether oxygens (including phenoxy) is 1. The average Bonchev–Trinajstić information content (AvgIpc) is 1.97. The summed E-state index contributed by atoms with van der Waals surface area (Å²) in [5, 5.41) is 16.8. The van der Waals surface area contributed by atoms with E-state index >= 15 is 0 Å². The highest BCUT2D eigenvalue weighted by Gasteiger charge is 2.17. The van der Waals surface area contributed by atoms with Crippen molar-refractivity contribution in [1.82, 2.24) is 0 Å². The maximum absolute atomic E-state index is 10.5. The summed E-state index contributed by atoms with van der Waals surface area (Å²) in [7, 11) is 0. The van der Waals surface area contributed by atoms with Crippen LogP contribution in [0.1, 0.15) is 26.2 Å². The van der Waals surface area contributed by atoms with Crippen LogP contribution in [0.3, 0.4) is 0 Å². The number of carboxylic acid groups (broad SMARTS) is 2. The lowest BCUT2D eigenvalue weighted by atomic mass is 10.1. The van der Waals surface area contributed by atoms with E-state index in [0.29, 0.717) is 0 Å². The number of hydrogen-bond donors (Lipinski definition) is 2. The Bertz CT molecular complexity index is 218. The van der Waals surface area contributed by atoms with Crippen LogP contribution in [0.2, 0.25) is 0 Å². The van der Waals surface area contributed by atoms with Gasteiger partial charge in [0.05, 0.1) is 6.42 Å². The molecule has 0 radical (unpaired) electrons. The highest BCUT2D eigenvalue weighted by Crippen LogP contribution is 2.07. The van der Waals surface area contributed by atoms with Crippen LogP contribution in [0.5, 0.6) is 0 Å². The highest BCUT2D eigenvalue weighted by atomic mass is 16.5. The Balaban J connectivity index is 4.03. The molecule has 1 unspecified atom stereocenters. The fourth-order valence-corrected chi connectivity index (χ4v) is 0.917. The van der Waals surface area contributed by atoms with Crippen molar-refractivity contribution in [2.75, 3.05) is 0 Å². The summed E-state index contributed by atoms with van der Waals surface area (Å²) in [6.45, 7) is 1.15. The van der Waals surface area contributed by atoms with Gasteiger partial charge in [0, 0.05) is 13.3 Å². The van der Waals surface area contributed by atoms with E-state index in [9.17, 15) is 14.4 Å². The first-order chi connectivity index (χ1) is 6.41. The first kappa shape index (κ1) is 12.4. The molecular weight excluding hydrogens is 192 g/mol. The highest BCUT2D eigenvalue weighted by molar-refractivity contribution is 5.70. The molecular formula is C8H12O6. The topological polar surface area (TPSA) is 101 Å². The number of carbonyl (C=O) groups is 3. The van der Waals surface area contributed by atoms with Crippen LogP contribution in [-0.2, 0) is 19.1 Å². The molecule has 0 aliphatic heterocycles. The minimum absolute atomic E-state index is 0.0151. The Morgan fingerprint density at radius 1 is 1.21 bits per heavy atom.